The van der Waals surface area contributed by atoms with Crippen LogP contribution in [0.25, 0.3) is 0 Å². The van der Waals surface area contributed by atoms with Crippen molar-refractivity contribution in [1.82, 2.24) is 20.6 Å². The normalized spacial score (nSPS) is 10.7. The number of amides is 1. The molecule has 10 heteroatoms. The molecule has 0 saturated carbocycles. The highest BCUT2D eigenvalue weighted by molar-refractivity contribution is 7.99. The van der Waals surface area contributed by atoms with E-state index in [1.165, 1.54) is 18.3 Å². The van der Waals surface area contributed by atoms with Crippen LogP contribution in [-0.4, -0.2) is 38.2 Å². The maximum Gasteiger partial charge on any atom is 0.342 e. The number of aromatic nitrogens is 3. The van der Waals surface area contributed by atoms with Crippen LogP contribution >= 0.6 is 11.8 Å². The van der Waals surface area contributed by atoms with Crippen molar-refractivity contribution in [3.8, 4) is 5.75 Å². The summed E-state index contributed by atoms with van der Waals surface area (Å²) in [4.78, 5) is 35.7. The number of benzene rings is 1. The van der Waals surface area contributed by atoms with Crippen molar-refractivity contribution in [2.24, 2.45) is 5.10 Å². The molecule has 1 aromatic heterocycles. The monoisotopic (exact) mass is 321 g/mol. The SMILES string of the molecule is O=C(CSc1n[nH]c(=O)[nH]c1=O)NN=Cc1ccc(O)cc1. The Labute approximate surface area is 127 Å². The molecule has 114 valence electrons. The number of carbonyl (C=O) groups is 1. The first kappa shape index (κ1) is 15.5. The maximum absolute atomic E-state index is 11.5. The van der Waals surface area contributed by atoms with E-state index in [-0.39, 0.29) is 16.5 Å². The van der Waals surface area contributed by atoms with E-state index in [0.717, 1.165) is 11.8 Å². The summed E-state index contributed by atoms with van der Waals surface area (Å²) in [6.45, 7) is 0. The molecular weight excluding hydrogens is 310 g/mol. The van der Waals surface area contributed by atoms with Crippen LogP contribution in [0.3, 0.4) is 0 Å². The lowest BCUT2D eigenvalue weighted by molar-refractivity contribution is -0.118. The average Bonchev–Trinajstić information content (AvgIpc) is 2.48. The lowest BCUT2D eigenvalue weighted by atomic mass is 10.2. The van der Waals surface area contributed by atoms with Crippen LogP contribution in [-0.2, 0) is 4.79 Å². The Morgan fingerprint density at radius 2 is 2.09 bits per heavy atom. The van der Waals surface area contributed by atoms with Crippen LogP contribution in [0.4, 0.5) is 0 Å². The smallest absolute Gasteiger partial charge is 0.342 e. The van der Waals surface area contributed by atoms with E-state index in [9.17, 15) is 14.4 Å². The highest BCUT2D eigenvalue weighted by Crippen LogP contribution is 2.08. The van der Waals surface area contributed by atoms with Gasteiger partial charge in [0, 0.05) is 0 Å². The Hall–Kier alpha value is -2.88. The molecule has 0 unspecified atom stereocenters. The summed E-state index contributed by atoms with van der Waals surface area (Å²) >= 11 is 0.868. The molecule has 0 saturated heterocycles. The Bertz CT molecular complexity index is 796. The molecule has 0 aliphatic carbocycles. The van der Waals surface area contributed by atoms with Gasteiger partial charge in [-0.15, -0.1) is 0 Å². The highest BCUT2D eigenvalue weighted by atomic mass is 32.2. The summed E-state index contributed by atoms with van der Waals surface area (Å²) in [6, 6.07) is 6.24. The largest absolute Gasteiger partial charge is 0.508 e. The van der Waals surface area contributed by atoms with E-state index in [2.05, 4.69) is 20.7 Å². The molecule has 1 amide bonds. The van der Waals surface area contributed by atoms with Crippen molar-refractivity contribution in [1.29, 1.82) is 0 Å². The van der Waals surface area contributed by atoms with Crippen LogP contribution in [0.1, 0.15) is 5.56 Å². The molecule has 2 aromatic rings. The van der Waals surface area contributed by atoms with Gasteiger partial charge in [0.2, 0.25) is 5.91 Å². The number of thioether (sulfide) groups is 1. The highest BCUT2D eigenvalue weighted by Gasteiger charge is 2.06. The van der Waals surface area contributed by atoms with Crippen molar-refractivity contribution in [2.45, 2.75) is 5.03 Å². The van der Waals surface area contributed by atoms with Crippen molar-refractivity contribution in [3.63, 3.8) is 0 Å². The lowest BCUT2D eigenvalue weighted by Crippen LogP contribution is -2.26. The second-order valence-corrected chi connectivity index (χ2v) is 4.95. The van der Waals surface area contributed by atoms with Crippen molar-refractivity contribution in [3.05, 3.63) is 50.7 Å². The first-order valence-corrected chi connectivity index (χ1v) is 6.96. The minimum absolute atomic E-state index is 0.0164. The number of phenols is 1. The quantitative estimate of drug-likeness (QED) is 0.329. The topological polar surface area (TPSA) is 140 Å². The van der Waals surface area contributed by atoms with Gasteiger partial charge in [-0.25, -0.2) is 15.3 Å². The van der Waals surface area contributed by atoms with E-state index in [1.54, 1.807) is 12.1 Å². The van der Waals surface area contributed by atoms with Gasteiger partial charge in [0.05, 0.1) is 12.0 Å². The number of aromatic hydroxyl groups is 1. The summed E-state index contributed by atoms with van der Waals surface area (Å²) in [6.07, 6.45) is 1.41. The molecule has 0 aliphatic heterocycles. The Balaban J connectivity index is 1.84. The number of hydrazone groups is 1. The molecular formula is C12H11N5O4S. The zero-order chi connectivity index (χ0) is 15.9. The molecule has 4 N–H and O–H groups in total. The molecule has 2 rings (SSSR count). The molecule has 0 fully saturated rings. The van der Waals surface area contributed by atoms with Gasteiger partial charge in [-0.1, -0.05) is 11.8 Å². The fourth-order valence-electron chi connectivity index (χ4n) is 1.34. The Morgan fingerprint density at radius 3 is 2.77 bits per heavy atom. The van der Waals surface area contributed by atoms with Crippen LogP contribution in [0, 0.1) is 0 Å². The summed E-state index contributed by atoms with van der Waals surface area (Å²) in [7, 11) is 0. The third-order valence-corrected chi connectivity index (χ3v) is 3.27. The number of aromatic amines is 2. The van der Waals surface area contributed by atoms with Gasteiger partial charge >= 0.3 is 5.69 Å². The van der Waals surface area contributed by atoms with Crippen LogP contribution in [0.2, 0.25) is 0 Å². The number of nitrogens with one attached hydrogen (secondary N) is 3. The summed E-state index contributed by atoms with van der Waals surface area (Å²) in [5, 5.41) is 18.4. The number of rotatable bonds is 5. The molecule has 1 heterocycles. The Morgan fingerprint density at radius 1 is 1.36 bits per heavy atom. The predicted octanol–water partition coefficient (Wildman–Crippen LogP) is -0.594. The molecule has 22 heavy (non-hydrogen) atoms. The van der Waals surface area contributed by atoms with Crippen molar-refractivity contribution >= 4 is 23.9 Å². The van der Waals surface area contributed by atoms with E-state index < -0.39 is 17.2 Å². The van der Waals surface area contributed by atoms with E-state index >= 15 is 0 Å². The van der Waals surface area contributed by atoms with Gasteiger partial charge in [0.1, 0.15) is 5.75 Å². The molecule has 0 aliphatic rings. The number of hydrogen-bond donors (Lipinski definition) is 4. The third kappa shape index (κ3) is 4.59. The number of phenolic OH excluding ortho intramolecular Hbond substituents is 1. The number of carbonyl (C=O) groups excluding carboxylic acids is 1. The van der Waals surface area contributed by atoms with Gasteiger partial charge in [0.15, 0.2) is 5.03 Å². The summed E-state index contributed by atoms with van der Waals surface area (Å²) < 4.78 is 0. The zero-order valence-corrected chi connectivity index (χ0v) is 11.9. The van der Waals surface area contributed by atoms with Gasteiger partial charge in [-0.3, -0.25) is 14.6 Å². The van der Waals surface area contributed by atoms with Gasteiger partial charge in [0.25, 0.3) is 5.56 Å². The van der Waals surface area contributed by atoms with Crippen LogP contribution in [0.15, 0.2) is 44.0 Å². The predicted molar refractivity (Wildman–Crippen MR) is 80.0 cm³/mol. The minimum Gasteiger partial charge on any atom is -0.508 e. The molecule has 0 bridgehead atoms. The van der Waals surface area contributed by atoms with Crippen molar-refractivity contribution < 1.29 is 9.90 Å². The zero-order valence-electron chi connectivity index (χ0n) is 11.1. The van der Waals surface area contributed by atoms with Gasteiger partial charge in [-0.05, 0) is 29.8 Å². The minimum atomic E-state index is -0.711. The third-order valence-electron chi connectivity index (χ3n) is 2.32. The molecule has 0 radical (unpaired) electrons. The first-order chi connectivity index (χ1) is 10.5. The van der Waals surface area contributed by atoms with E-state index in [4.69, 9.17) is 5.11 Å². The fourth-order valence-corrected chi connectivity index (χ4v) is 1.96. The van der Waals surface area contributed by atoms with Crippen LogP contribution < -0.4 is 16.7 Å². The Kier molecular flexibility index (Phi) is 5.09. The second kappa shape index (κ2) is 7.22. The van der Waals surface area contributed by atoms with Crippen LogP contribution in [0.5, 0.6) is 5.75 Å². The average molecular weight is 321 g/mol. The van der Waals surface area contributed by atoms with E-state index in [1.807, 2.05) is 4.98 Å². The lowest BCUT2D eigenvalue weighted by Gasteiger charge is -1.99. The number of hydrogen-bond acceptors (Lipinski definition) is 7. The summed E-state index contributed by atoms with van der Waals surface area (Å²) in [5.74, 6) is -0.390. The summed E-state index contributed by atoms with van der Waals surface area (Å²) in [5.41, 5.74) is 1.61. The fraction of sp³-hybridized carbons (Fsp3) is 0.0833. The number of nitrogens with zero attached hydrogens (tertiary/aromatic N) is 2. The first-order valence-electron chi connectivity index (χ1n) is 5.97. The van der Waals surface area contributed by atoms with Crippen molar-refractivity contribution in [2.75, 3.05) is 5.75 Å². The van der Waals surface area contributed by atoms with E-state index in [0.29, 0.717) is 5.56 Å². The molecule has 9 nitrogen and oxygen atoms in total. The molecule has 1 aromatic carbocycles. The second-order valence-electron chi connectivity index (χ2n) is 3.99. The van der Waals surface area contributed by atoms with Gasteiger partial charge < -0.3 is 5.11 Å². The standard InChI is InChI=1S/C12H11N5O4S/c18-8-3-1-7(2-4-8)5-13-15-9(19)6-22-11-10(20)14-12(21)17-16-11/h1-5,18H,6H2,(H,15,19)(H2,14,17,20,21). The molecule has 0 atom stereocenters. The number of H-pyrrole nitrogens is 2. The maximum atomic E-state index is 11.5. The molecule has 0 spiro atoms. The van der Waals surface area contributed by atoms with Gasteiger partial charge in [-0.2, -0.15) is 10.2 Å².